The number of nitrogens with zero attached hydrogens (tertiary/aromatic N) is 1. The van der Waals surface area contributed by atoms with Crippen LogP contribution in [-0.2, 0) is 16.2 Å². The van der Waals surface area contributed by atoms with E-state index in [0.29, 0.717) is 30.3 Å². The number of carbonyl (C=O) groups excluding carboxylic acids is 3. The number of para-hydroxylation sites is 1. The minimum Gasteiger partial charge on any atom is -0.490 e. The summed E-state index contributed by atoms with van der Waals surface area (Å²) in [5.74, 6) is -0.793. The van der Waals surface area contributed by atoms with Gasteiger partial charge < -0.3 is 14.8 Å². The van der Waals surface area contributed by atoms with Crippen molar-refractivity contribution in [3.63, 3.8) is 0 Å². The van der Waals surface area contributed by atoms with E-state index in [1.807, 2.05) is 37.3 Å². The van der Waals surface area contributed by atoms with Crippen molar-refractivity contribution >= 4 is 85.8 Å². The standard InChI is InChI=1S/C27H21FI2N2O5S/c1-2-36-22-12-17(11-20(30)25(22)37-15-16-7-9-18(29)10-8-16)13-23-26(34)32(27(35)38-23)14-24(33)31-21-6-4-3-5-19(21)28/h3-13H,2,14-15H2,1H3,(H,31,33)/b23-13-. The molecule has 0 saturated carbocycles. The normalized spacial score (nSPS) is 14.2. The first-order chi connectivity index (χ1) is 18.2. The molecule has 1 fully saturated rings. The summed E-state index contributed by atoms with van der Waals surface area (Å²) in [5.41, 5.74) is 1.63. The number of benzene rings is 3. The number of anilines is 1. The minimum atomic E-state index is -0.679. The molecule has 1 N–H and O–H groups in total. The van der Waals surface area contributed by atoms with E-state index in [0.717, 1.165) is 29.4 Å². The van der Waals surface area contributed by atoms with Gasteiger partial charge in [0.05, 0.1) is 20.8 Å². The van der Waals surface area contributed by atoms with E-state index >= 15 is 0 Å². The third kappa shape index (κ3) is 7.05. The molecule has 7 nitrogen and oxygen atoms in total. The second-order valence-corrected chi connectivity index (χ2v) is 11.4. The van der Waals surface area contributed by atoms with Crippen LogP contribution in [-0.4, -0.2) is 35.1 Å². The molecule has 0 bridgehead atoms. The molecule has 3 amide bonds. The number of imide groups is 1. The van der Waals surface area contributed by atoms with Crippen LogP contribution in [0, 0.1) is 13.0 Å². The molecule has 38 heavy (non-hydrogen) atoms. The van der Waals surface area contributed by atoms with E-state index in [1.54, 1.807) is 18.2 Å². The highest BCUT2D eigenvalue weighted by atomic mass is 127. The van der Waals surface area contributed by atoms with Crippen LogP contribution >= 0.6 is 56.9 Å². The highest BCUT2D eigenvalue weighted by Gasteiger charge is 2.36. The van der Waals surface area contributed by atoms with E-state index in [2.05, 4.69) is 50.5 Å². The Balaban J connectivity index is 1.49. The summed E-state index contributed by atoms with van der Waals surface area (Å²) in [6.07, 6.45) is 1.58. The van der Waals surface area contributed by atoms with Crippen molar-refractivity contribution in [3.05, 3.63) is 89.7 Å². The summed E-state index contributed by atoms with van der Waals surface area (Å²) < 4.78 is 27.6. The van der Waals surface area contributed by atoms with Gasteiger partial charge in [0.15, 0.2) is 11.5 Å². The third-order valence-electron chi connectivity index (χ3n) is 5.25. The SMILES string of the molecule is CCOc1cc(/C=C2\SC(=O)N(CC(=O)Nc3ccccc3F)C2=O)cc(I)c1OCc1ccc(I)cc1. The van der Waals surface area contributed by atoms with Gasteiger partial charge >= 0.3 is 0 Å². The van der Waals surface area contributed by atoms with Gasteiger partial charge in [-0.1, -0.05) is 24.3 Å². The molecule has 0 spiro atoms. The van der Waals surface area contributed by atoms with Crippen LogP contribution < -0.4 is 14.8 Å². The molecule has 1 aliphatic heterocycles. The second kappa shape index (κ2) is 12.9. The largest absolute Gasteiger partial charge is 0.490 e. The summed E-state index contributed by atoms with van der Waals surface area (Å²) in [4.78, 5) is 38.8. The first-order valence-electron chi connectivity index (χ1n) is 11.4. The van der Waals surface area contributed by atoms with Crippen LogP contribution in [0.4, 0.5) is 14.9 Å². The number of carbonyl (C=O) groups is 3. The van der Waals surface area contributed by atoms with Gasteiger partial charge in [0.1, 0.15) is 19.0 Å². The Morgan fingerprint density at radius 1 is 1.08 bits per heavy atom. The number of thioether (sulfide) groups is 1. The Bertz CT molecular complexity index is 1420. The van der Waals surface area contributed by atoms with Crippen molar-refractivity contribution in [1.29, 1.82) is 0 Å². The fraction of sp³-hybridized carbons (Fsp3) is 0.148. The molecule has 1 saturated heterocycles. The van der Waals surface area contributed by atoms with Crippen LogP contribution in [0.25, 0.3) is 6.08 Å². The molecule has 0 atom stereocenters. The minimum absolute atomic E-state index is 0.0256. The van der Waals surface area contributed by atoms with Crippen molar-refractivity contribution in [3.8, 4) is 11.5 Å². The number of rotatable bonds is 9. The van der Waals surface area contributed by atoms with Crippen molar-refractivity contribution in [2.75, 3.05) is 18.5 Å². The summed E-state index contributed by atoms with van der Waals surface area (Å²) in [5, 5.41) is 1.80. The monoisotopic (exact) mass is 758 g/mol. The Morgan fingerprint density at radius 2 is 1.82 bits per heavy atom. The lowest BCUT2D eigenvalue weighted by Gasteiger charge is -2.15. The molecular formula is C27H21FI2N2O5S. The lowest BCUT2D eigenvalue weighted by molar-refractivity contribution is -0.127. The molecule has 0 aromatic heterocycles. The number of hydrogen-bond acceptors (Lipinski definition) is 6. The van der Waals surface area contributed by atoms with Crippen LogP contribution in [0.1, 0.15) is 18.1 Å². The molecular weight excluding hydrogens is 737 g/mol. The number of hydrogen-bond donors (Lipinski definition) is 1. The summed E-state index contributed by atoms with van der Waals surface area (Å²) in [6.45, 7) is 2.11. The van der Waals surface area contributed by atoms with Gasteiger partial charge in [-0.05, 0) is 117 Å². The summed E-state index contributed by atoms with van der Waals surface area (Å²) in [7, 11) is 0. The topological polar surface area (TPSA) is 84.9 Å². The quantitative estimate of drug-likeness (QED) is 0.194. The van der Waals surface area contributed by atoms with Gasteiger partial charge in [0.2, 0.25) is 5.91 Å². The van der Waals surface area contributed by atoms with Crippen LogP contribution in [0.15, 0.2) is 65.6 Å². The first-order valence-corrected chi connectivity index (χ1v) is 14.4. The average Bonchev–Trinajstić information content (AvgIpc) is 3.13. The van der Waals surface area contributed by atoms with Crippen molar-refractivity contribution < 1.29 is 28.2 Å². The van der Waals surface area contributed by atoms with Gasteiger partial charge in [0.25, 0.3) is 11.1 Å². The van der Waals surface area contributed by atoms with Crippen LogP contribution in [0.2, 0.25) is 0 Å². The molecule has 0 unspecified atom stereocenters. The van der Waals surface area contributed by atoms with E-state index < -0.39 is 29.4 Å². The van der Waals surface area contributed by atoms with Crippen LogP contribution in [0.3, 0.4) is 0 Å². The van der Waals surface area contributed by atoms with E-state index in [-0.39, 0.29) is 10.6 Å². The lowest BCUT2D eigenvalue weighted by atomic mass is 10.1. The predicted molar refractivity (Wildman–Crippen MR) is 162 cm³/mol. The zero-order valence-electron chi connectivity index (χ0n) is 20.0. The van der Waals surface area contributed by atoms with Crippen molar-refractivity contribution in [1.82, 2.24) is 4.90 Å². The Morgan fingerprint density at radius 3 is 2.53 bits per heavy atom. The third-order valence-corrected chi connectivity index (χ3v) is 7.68. The van der Waals surface area contributed by atoms with E-state index in [4.69, 9.17) is 9.47 Å². The molecule has 3 aromatic rings. The molecule has 4 rings (SSSR count). The van der Waals surface area contributed by atoms with Gasteiger partial charge in [-0.15, -0.1) is 0 Å². The smallest absolute Gasteiger partial charge is 0.294 e. The zero-order valence-corrected chi connectivity index (χ0v) is 25.1. The van der Waals surface area contributed by atoms with Gasteiger partial charge in [0, 0.05) is 3.57 Å². The Kier molecular flexibility index (Phi) is 9.65. The fourth-order valence-electron chi connectivity index (χ4n) is 3.49. The highest BCUT2D eigenvalue weighted by molar-refractivity contribution is 14.1. The van der Waals surface area contributed by atoms with Crippen molar-refractivity contribution in [2.24, 2.45) is 0 Å². The molecule has 196 valence electrons. The van der Waals surface area contributed by atoms with E-state index in [9.17, 15) is 18.8 Å². The number of halogens is 3. The molecule has 3 aromatic carbocycles. The van der Waals surface area contributed by atoms with Crippen molar-refractivity contribution in [2.45, 2.75) is 13.5 Å². The zero-order chi connectivity index (χ0) is 27.2. The van der Waals surface area contributed by atoms with Gasteiger partial charge in [-0.25, -0.2) is 4.39 Å². The average molecular weight is 758 g/mol. The lowest BCUT2D eigenvalue weighted by Crippen LogP contribution is -2.36. The number of amides is 3. The maximum absolute atomic E-state index is 13.8. The maximum atomic E-state index is 13.8. The van der Waals surface area contributed by atoms with Gasteiger partial charge in [-0.3, -0.25) is 19.3 Å². The summed E-state index contributed by atoms with van der Waals surface area (Å²) >= 11 is 5.12. The maximum Gasteiger partial charge on any atom is 0.294 e. The fourth-order valence-corrected chi connectivity index (χ4v) is 5.47. The molecule has 11 heteroatoms. The van der Waals surface area contributed by atoms with E-state index in [1.165, 1.54) is 18.2 Å². The van der Waals surface area contributed by atoms with Gasteiger partial charge in [-0.2, -0.15) is 0 Å². The highest BCUT2D eigenvalue weighted by Crippen LogP contribution is 2.38. The molecule has 0 aliphatic carbocycles. The number of ether oxygens (including phenoxy) is 2. The summed E-state index contributed by atoms with van der Waals surface area (Å²) in [6, 6.07) is 17.2. The molecule has 1 aliphatic rings. The Hall–Kier alpha value is -2.65. The molecule has 1 heterocycles. The second-order valence-electron chi connectivity index (χ2n) is 7.97. The number of nitrogens with one attached hydrogen (secondary N) is 1. The predicted octanol–water partition coefficient (Wildman–Crippen LogP) is 6.69. The first kappa shape index (κ1) is 28.4. The Labute approximate surface area is 250 Å². The van der Waals surface area contributed by atoms with Crippen LogP contribution in [0.5, 0.6) is 11.5 Å². The molecule has 0 radical (unpaired) electrons.